The highest BCUT2D eigenvalue weighted by Gasteiger charge is 2.34. The minimum Gasteiger partial charge on any atom is -0.359 e. The molecular formula is C25H39N5O3S2. The molecule has 1 aliphatic rings. The van der Waals surface area contributed by atoms with Gasteiger partial charge in [-0.2, -0.15) is 11.3 Å². The Morgan fingerprint density at radius 2 is 2.00 bits per heavy atom. The summed E-state index contributed by atoms with van der Waals surface area (Å²) >= 11 is 1.62. The Labute approximate surface area is 214 Å². The number of hydrogen-bond acceptors (Lipinski definition) is 7. The Balaban J connectivity index is 1.88. The number of nitrogens with one attached hydrogen (secondary N) is 1. The number of aromatic nitrogens is 1. The molecular weight excluding hydrogens is 482 g/mol. The number of nitrogens with zero attached hydrogens (tertiary/aromatic N) is 3. The molecule has 2 heterocycles. The van der Waals surface area contributed by atoms with Crippen LogP contribution in [0.5, 0.6) is 0 Å². The van der Waals surface area contributed by atoms with E-state index in [0.717, 1.165) is 41.9 Å². The van der Waals surface area contributed by atoms with Gasteiger partial charge in [0.25, 0.3) is 5.91 Å². The molecule has 2 aromatic heterocycles. The number of carbonyl (C=O) groups excluding carboxylic acids is 1. The summed E-state index contributed by atoms with van der Waals surface area (Å²) in [6.45, 7) is 5.15. The second-order valence-electron chi connectivity index (χ2n) is 9.88. The second kappa shape index (κ2) is 11.7. The molecule has 8 nitrogen and oxygen atoms in total. The number of rotatable bonds is 13. The maximum atomic E-state index is 13.5. The molecule has 1 fully saturated rings. The SMILES string of the molecule is CCCC[C@H](N)[C@H](Cc1ccsc1)NC(=O)c1cc(N(C)CC2CC2C)nc(N(C)S(C)(=O)=O)c1. The number of unbranched alkanes of at least 4 members (excludes halogenated alkanes) is 1. The van der Waals surface area contributed by atoms with E-state index < -0.39 is 10.0 Å². The number of anilines is 2. The maximum absolute atomic E-state index is 13.5. The first-order chi connectivity index (χ1) is 16.5. The Morgan fingerprint density at radius 3 is 2.57 bits per heavy atom. The van der Waals surface area contributed by atoms with Gasteiger partial charge in [-0.05, 0) is 65.6 Å². The minimum absolute atomic E-state index is 0.183. The van der Waals surface area contributed by atoms with Gasteiger partial charge in [0, 0.05) is 38.3 Å². The van der Waals surface area contributed by atoms with Gasteiger partial charge in [0.1, 0.15) is 11.6 Å². The van der Waals surface area contributed by atoms with Gasteiger partial charge in [0.05, 0.1) is 6.26 Å². The summed E-state index contributed by atoms with van der Waals surface area (Å²) in [6.07, 6.45) is 5.78. The normalized spacial score (nSPS) is 19.1. The third-order valence-corrected chi connectivity index (χ3v) is 8.73. The zero-order valence-electron chi connectivity index (χ0n) is 21.4. The standard InChI is InChI=1S/C25H39N5O3S2/c1-6-7-8-21(26)22(12-18-9-10-34-16-18)27-25(31)19-13-23(29(3)15-20-11-17(20)2)28-24(14-19)30(4)35(5,32)33/h9-10,13-14,16-17,20-22H,6-8,11-12,15,26H2,1-5H3,(H,27,31)/t17?,20?,21-,22-/m0/s1. The predicted molar refractivity (Wildman–Crippen MR) is 145 cm³/mol. The molecule has 2 aromatic rings. The average molecular weight is 522 g/mol. The van der Waals surface area contributed by atoms with Crippen LogP contribution in [0.1, 0.15) is 55.5 Å². The van der Waals surface area contributed by atoms with E-state index in [1.807, 2.05) is 23.4 Å². The van der Waals surface area contributed by atoms with Gasteiger partial charge in [0.15, 0.2) is 0 Å². The number of amides is 1. The minimum atomic E-state index is -3.54. The van der Waals surface area contributed by atoms with Crippen molar-refractivity contribution in [3.8, 4) is 0 Å². The van der Waals surface area contributed by atoms with Crippen molar-refractivity contribution in [1.29, 1.82) is 0 Å². The van der Waals surface area contributed by atoms with E-state index in [1.165, 1.54) is 19.5 Å². The van der Waals surface area contributed by atoms with Crippen LogP contribution < -0.4 is 20.3 Å². The van der Waals surface area contributed by atoms with Crippen LogP contribution >= 0.6 is 11.3 Å². The maximum Gasteiger partial charge on any atom is 0.251 e. The summed E-state index contributed by atoms with van der Waals surface area (Å²) < 4.78 is 25.6. The van der Waals surface area contributed by atoms with Gasteiger partial charge in [-0.25, -0.2) is 13.4 Å². The summed E-state index contributed by atoms with van der Waals surface area (Å²) in [4.78, 5) is 20.0. The smallest absolute Gasteiger partial charge is 0.251 e. The second-order valence-corrected chi connectivity index (χ2v) is 12.7. The highest BCUT2D eigenvalue weighted by atomic mass is 32.2. The fourth-order valence-electron chi connectivity index (χ4n) is 4.12. The molecule has 0 bridgehead atoms. The third-order valence-electron chi connectivity index (χ3n) is 6.82. The van der Waals surface area contributed by atoms with E-state index in [4.69, 9.17) is 5.73 Å². The number of thiophene rings is 1. The van der Waals surface area contributed by atoms with Crippen LogP contribution in [0, 0.1) is 11.8 Å². The van der Waals surface area contributed by atoms with Gasteiger partial charge in [-0.1, -0.05) is 26.7 Å². The molecule has 1 amide bonds. The summed E-state index contributed by atoms with van der Waals surface area (Å²) in [5.41, 5.74) is 8.02. The van der Waals surface area contributed by atoms with Crippen molar-refractivity contribution in [1.82, 2.24) is 10.3 Å². The van der Waals surface area contributed by atoms with Crippen LogP contribution in [0.4, 0.5) is 11.6 Å². The number of pyridine rings is 1. The first-order valence-corrected chi connectivity index (χ1v) is 15.0. The van der Waals surface area contributed by atoms with E-state index in [-0.39, 0.29) is 23.8 Å². The molecule has 3 rings (SSSR count). The first kappa shape index (κ1) is 27.4. The van der Waals surface area contributed by atoms with Gasteiger partial charge in [-0.15, -0.1) is 0 Å². The molecule has 10 heteroatoms. The fraction of sp³-hybridized carbons (Fsp3) is 0.600. The Morgan fingerprint density at radius 1 is 1.31 bits per heavy atom. The van der Waals surface area contributed by atoms with Crippen molar-refractivity contribution in [2.75, 3.05) is 36.1 Å². The summed E-state index contributed by atoms with van der Waals surface area (Å²) in [5, 5.41) is 7.23. The van der Waals surface area contributed by atoms with Crippen molar-refractivity contribution in [2.45, 2.75) is 58.0 Å². The van der Waals surface area contributed by atoms with Crippen molar-refractivity contribution >= 4 is 38.9 Å². The van der Waals surface area contributed by atoms with Crippen LogP contribution in [0.3, 0.4) is 0 Å². The summed E-state index contributed by atoms with van der Waals surface area (Å²) in [6, 6.07) is 4.90. The lowest BCUT2D eigenvalue weighted by Gasteiger charge is -2.26. The lowest BCUT2D eigenvalue weighted by atomic mass is 9.97. The van der Waals surface area contributed by atoms with E-state index in [1.54, 1.807) is 17.4 Å². The molecule has 0 saturated heterocycles. The molecule has 35 heavy (non-hydrogen) atoms. The quantitative estimate of drug-likeness (QED) is 0.418. The number of carbonyl (C=O) groups is 1. The van der Waals surface area contributed by atoms with Gasteiger partial charge < -0.3 is 16.0 Å². The topological polar surface area (TPSA) is 109 Å². The highest BCUT2D eigenvalue weighted by molar-refractivity contribution is 7.92. The van der Waals surface area contributed by atoms with Gasteiger partial charge in [-0.3, -0.25) is 9.10 Å². The highest BCUT2D eigenvalue weighted by Crippen LogP contribution is 2.38. The molecule has 1 aliphatic carbocycles. The number of nitrogens with two attached hydrogens (primary N) is 1. The molecule has 194 valence electrons. The van der Waals surface area contributed by atoms with E-state index in [2.05, 4.69) is 29.5 Å². The summed E-state index contributed by atoms with van der Waals surface area (Å²) in [7, 11) is -0.159. The molecule has 0 aliphatic heterocycles. The first-order valence-electron chi connectivity index (χ1n) is 12.2. The van der Waals surface area contributed by atoms with E-state index in [9.17, 15) is 13.2 Å². The monoisotopic (exact) mass is 521 g/mol. The van der Waals surface area contributed by atoms with Crippen molar-refractivity contribution in [3.63, 3.8) is 0 Å². The van der Waals surface area contributed by atoms with Crippen LogP contribution in [-0.2, 0) is 16.4 Å². The van der Waals surface area contributed by atoms with Crippen LogP contribution in [-0.4, -0.2) is 58.3 Å². The van der Waals surface area contributed by atoms with Crippen molar-refractivity contribution in [3.05, 3.63) is 40.1 Å². The van der Waals surface area contributed by atoms with E-state index in [0.29, 0.717) is 29.6 Å². The van der Waals surface area contributed by atoms with E-state index >= 15 is 0 Å². The third kappa shape index (κ3) is 7.65. The summed E-state index contributed by atoms with van der Waals surface area (Å²) in [5.74, 6) is 1.77. The van der Waals surface area contributed by atoms with Gasteiger partial charge in [0.2, 0.25) is 10.0 Å². The van der Waals surface area contributed by atoms with Crippen LogP contribution in [0.25, 0.3) is 0 Å². The largest absolute Gasteiger partial charge is 0.359 e. The zero-order chi connectivity index (χ0) is 25.8. The van der Waals surface area contributed by atoms with Crippen LogP contribution in [0.2, 0.25) is 0 Å². The molecule has 1 saturated carbocycles. The average Bonchev–Trinajstić information content (AvgIpc) is 3.26. The molecule has 3 N–H and O–H groups in total. The predicted octanol–water partition coefficient (Wildman–Crippen LogP) is 3.49. The Hall–Kier alpha value is -2.17. The fourth-order valence-corrected chi connectivity index (χ4v) is 5.24. The lowest BCUT2D eigenvalue weighted by Crippen LogP contribution is -2.49. The van der Waals surface area contributed by atoms with Crippen LogP contribution in [0.15, 0.2) is 29.0 Å². The van der Waals surface area contributed by atoms with Crippen molar-refractivity contribution < 1.29 is 13.2 Å². The Kier molecular flexibility index (Phi) is 9.17. The van der Waals surface area contributed by atoms with Crippen molar-refractivity contribution in [2.24, 2.45) is 17.6 Å². The zero-order valence-corrected chi connectivity index (χ0v) is 23.0. The number of sulfonamides is 1. The molecule has 4 atom stereocenters. The molecule has 0 spiro atoms. The van der Waals surface area contributed by atoms with Gasteiger partial charge >= 0.3 is 0 Å². The Bertz CT molecular complexity index is 1090. The molecule has 0 radical (unpaired) electrons. The molecule has 0 aromatic carbocycles. The lowest BCUT2D eigenvalue weighted by molar-refractivity contribution is 0.0929. The number of hydrogen-bond donors (Lipinski definition) is 2. The molecule has 2 unspecified atom stereocenters.